The number of hydrogen-bond acceptors (Lipinski definition) is 6. The second-order valence-electron chi connectivity index (χ2n) is 6.28. The number of carbonyl (C=O) groups excluding carboxylic acids is 1. The van der Waals surface area contributed by atoms with E-state index in [2.05, 4.69) is 15.3 Å². The zero-order chi connectivity index (χ0) is 21.3. The topological polar surface area (TPSA) is 73.3 Å². The molecule has 30 heavy (non-hydrogen) atoms. The Labute approximate surface area is 180 Å². The third-order valence-electron chi connectivity index (χ3n) is 4.12. The summed E-state index contributed by atoms with van der Waals surface area (Å²) in [4.78, 5) is 21.8. The number of carbonyl (C=O) groups is 1. The van der Waals surface area contributed by atoms with Crippen LogP contribution in [-0.4, -0.2) is 29.6 Å². The lowest BCUT2D eigenvalue weighted by atomic mass is 10.1. The first-order valence-corrected chi connectivity index (χ1v) is 10.3. The van der Waals surface area contributed by atoms with E-state index in [9.17, 15) is 4.79 Å². The molecule has 0 unspecified atom stereocenters. The van der Waals surface area contributed by atoms with E-state index in [0.29, 0.717) is 23.3 Å². The number of nitrogens with zero attached hydrogens (tertiary/aromatic N) is 2. The van der Waals surface area contributed by atoms with Crippen molar-refractivity contribution in [2.75, 3.05) is 19.0 Å². The lowest BCUT2D eigenvalue weighted by Crippen LogP contribution is -2.08. The van der Waals surface area contributed by atoms with E-state index in [4.69, 9.17) is 9.47 Å². The van der Waals surface area contributed by atoms with Gasteiger partial charge < -0.3 is 14.8 Å². The molecule has 0 saturated heterocycles. The number of nitrogens with one attached hydrogen (secondary N) is 1. The van der Waals surface area contributed by atoms with Crippen LogP contribution >= 0.6 is 11.8 Å². The molecule has 0 aliphatic heterocycles. The highest BCUT2D eigenvalue weighted by atomic mass is 32.2. The molecule has 0 spiro atoms. The Morgan fingerprint density at radius 2 is 1.93 bits per heavy atom. The van der Waals surface area contributed by atoms with Crippen molar-refractivity contribution < 1.29 is 14.3 Å². The lowest BCUT2D eigenvalue weighted by Gasteiger charge is -2.10. The predicted molar refractivity (Wildman–Crippen MR) is 119 cm³/mol. The number of benzene rings is 2. The van der Waals surface area contributed by atoms with Crippen LogP contribution in [0.1, 0.15) is 18.1 Å². The van der Waals surface area contributed by atoms with E-state index in [1.807, 2.05) is 50.2 Å². The summed E-state index contributed by atoms with van der Waals surface area (Å²) in [7, 11) is 1.59. The van der Waals surface area contributed by atoms with Crippen molar-refractivity contribution in [2.45, 2.75) is 23.9 Å². The van der Waals surface area contributed by atoms with E-state index >= 15 is 0 Å². The molecular weight excluding hydrogens is 398 g/mol. The van der Waals surface area contributed by atoms with Crippen molar-refractivity contribution in [3.05, 3.63) is 72.1 Å². The summed E-state index contributed by atoms with van der Waals surface area (Å²) in [5.74, 6) is 1.10. The largest absolute Gasteiger partial charge is 0.493 e. The maximum absolute atomic E-state index is 12.4. The summed E-state index contributed by atoms with van der Waals surface area (Å²) >= 11 is 1.47. The van der Waals surface area contributed by atoms with Crippen LogP contribution in [0.3, 0.4) is 0 Å². The molecule has 154 valence electrons. The van der Waals surface area contributed by atoms with Crippen LogP contribution < -0.4 is 14.8 Å². The lowest BCUT2D eigenvalue weighted by molar-refractivity contribution is -0.111. The molecule has 6 nitrogen and oxygen atoms in total. The molecule has 1 amide bonds. The number of ether oxygens (including phenoxy) is 2. The fraction of sp³-hybridized carbons (Fsp3) is 0.174. The molecule has 2 aromatic carbocycles. The van der Waals surface area contributed by atoms with E-state index < -0.39 is 0 Å². The van der Waals surface area contributed by atoms with Gasteiger partial charge in [-0.1, -0.05) is 6.07 Å². The first-order valence-electron chi connectivity index (χ1n) is 9.44. The van der Waals surface area contributed by atoms with Gasteiger partial charge in [0.25, 0.3) is 0 Å². The van der Waals surface area contributed by atoms with Gasteiger partial charge in [0.1, 0.15) is 0 Å². The molecule has 0 atom stereocenters. The van der Waals surface area contributed by atoms with Crippen molar-refractivity contribution in [1.82, 2.24) is 9.97 Å². The Morgan fingerprint density at radius 1 is 1.13 bits per heavy atom. The smallest absolute Gasteiger partial charge is 0.248 e. The first-order chi connectivity index (χ1) is 14.6. The summed E-state index contributed by atoms with van der Waals surface area (Å²) in [6.45, 7) is 4.43. The molecule has 1 N–H and O–H groups in total. The number of rotatable bonds is 8. The molecule has 7 heteroatoms. The van der Waals surface area contributed by atoms with Crippen LogP contribution in [0.5, 0.6) is 11.5 Å². The van der Waals surface area contributed by atoms with Crippen molar-refractivity contribution in [3.8, 4) is 11.5 Å². The van der Waals surface area contributed by atoms with E-state index in [1.165, 1.54) is 17.8 Å². The van der Waals surface area contributed by atoms with Crippen LogP contribution in [0.2, 0.25) is 0 Å². The first kappa shape index (κ1) is 21.4. The van der Waals surface area contributed by atoms with Gasteiger partial charge in [-0.2, -0.15) is 0 Å². The minimum atomic E-state index is -0.210. The highest BCUT2D eigenvalue weighted by Gasteiger charge is 2.07. The average Bonchev–Trinajstić information content (AvgIpc) is 2.76. The number of amides is 1. The van der Waals surface area contributed by atoms with Gasteiger partial charge in [-0.15, -0.1) is 0 Å². The minimum absolute atomic E-state index is 0.210. The predicted octanol–water partition coefficient (Wildman–Crippen LogP) is 5.00. The highest BCUT2D eigenvalue weighted by Crippen LogP contribution is 2.29. The highest BCUT2D eigenvalue weighted by molar-refractivity contribution is 7.99. The average molecular weight is 422 g/mol. The van der Waals surface area contributed by atoms with Crippen LogP contribution in [-0.2, 0) is 4.79 Å². The van der Waals surface area contributed by atoms with Gasteiger partial charge in [0.15, 0.2) is 16.7 Å². The Hall–Kier alpha value is -3.32. The molecule has 0 saturated carbocycles. The summed E-state index contributed by atoms with van der Waals surface area (Å²) in [5.41, 5.74) is 2.56. The molecule has 3 rings (SSSR count). The van der Waals surface area contributed by atoms with Crippen LogP contribution in [0.25, 0.3) is 6.08 Å². The summed E-state index contributed by atoms with van der Waals surface area (Å²) in [6, 6.07) is 13.1. The molecule has 0 radical (unpaired) electrons. The number of aromatic nitrogens is 2. The number of methoxy groups -OCH3 is 1. The van der Waals surface area contributed by atoms with Gasteiger partial charge in [-0.25, -0.2) is 9.97 Å². The third-order valence-corrected chi connectivity index (χ3v) is 5.00. The molecule has 0 aliphatic carbocycles. The molecule has 0 bridgehead atoms. The zero-order valence-electron chi connectivity index (χ0n) is 17.1. The number of anilines is 1. The van der Waals surface area contributed by atoms with Gasteiger partial charge in [0, 0.05) is 29.1 Å². The Bertz CT molecular complexity index is 1040. The Balaban J connectivity index is 1.64. The molecule has 3 aromatic rings. The second-order valence-corrected chi connectivity index (χ2v) is 7.32. The molecule has 1 aromatic heterocycles. The fourth-order valence-corrected chi connectivity index (χ4v) is 3.50. The van der Waals surface area contributed by atoms with Crippen LogP contribution in [0, 0.1) is 6.92 Å². The van der Waals surface area contributed by atoms with Gasteiger partial charge >= 0.3 is 0 Å². The fourth-order valence-electron chi connectivity index (χ4n) is 2.69. The van der Waals surface area contributed by atoms with Crippen molar-refractivity contribution in [1.29, 1.82) is 0 Å². The zero-order valence-corrected chi connectivity index (χ0v) is 17.9. The van der Waals surface area contributed by atoms with Crippen LogP contribution in [0.15, 0.2) is 71.0 Å². The number of hydrogen-bond donors (Lipinski definition) is 1. The van der Waals surface area contributed by atoms with E-state index in [0.717, 1.165) is 21.7 Å². The van der Waals surface area contributed by atoms with Crippen molar-refractivity contribution in [2.24, 2.45) is 0 Å². The second kappa shape index (κ2) is 10.5. The van der Waals surface area contributed by atoms with E-state index in [-0.39, 0.29) is 5.91 Å². The Morgan fingerprint density at radius 3 is 2.63 bits per heavy atom. The van der Waals surface area contributed by atoms with Gasteiger partial charge in [-0.3, -0.25) is 4.79 Å². The standard InChI is InChI=1S/C23H23N3O3S/c1-4-29-20-10-6-17(15-21(20)28-3)7-11-22(27)26-19-9-8-18(14-16(19)2)30-23-24-12-5-13-25-23/h5-15H,4H2,1-3H3,(H,26,27)/b11-7+. The SMILES string of the molecule is CCOc1ccc(/C=C/C(=O)Nc2ccc(Sc3ncccn3)cc2C)cc1OC. The quantitative estimate of drug-likeness (QED) is 0.408. The monoisotopic (exact) mass is 421 g/mol. The van der Waals surface area contributed by atoms with Gasteiger partial charge in [0.05, 0.1) is 13.7 Å². The molecule has 0 fully saturated rings. The normalized spacial score (nSPS) is 10.8. The molecular formula is C23H23N3O3S. The van der Waals surface area contributed by atoms with Gasteiger partial charge in [0.2, 0.25) is 5.91 Å². The maximum Gasteiger partial charge on any atom is 0.248 e. The molecule has 1 heterocycles. The number of aryl methyl sites for hydroxylation is 1. The van der Waals surface area contributed by atoms with Crippen molar-refractivity contribution in [3.63, 3.8) is 0 Å². The molecule has 0 aliphatic rings. The summed E-state index contributed by atoms with van der Waals surface area (Å²) in [5, 5.41) is 3.59. The minimum Gasteiger partial charge on any atom is -0.493 e. The maximum atomic E-state index is 12.4. The van der Waals surface area contributed by atoms with Gasteiger partial charge in [-0.05, 0) is 79.2 Å². The summed E-state index contributed by atoms with van der Waals surface area (Å²) in [6.07, 6.45) is 6.65. The summed E-state index contributed by atoms with van der Waals surface area (Å²) < 4.78 is 10.8. The Kier molecular flexibility index (Phi) is 7.45. The third kappa shape index (κ3) is 5.84. The van der Waals surface area contributed by atoms with Crippen LogP contribution in [0.4, 0.5) is 5.69 Å². The van der Waals surface area contributed by atoms with Crippen molar-refractivity contribution >= 4 is 29.4 Å². The van der Waals surface area contributed by atoms with E-state index in [1.54, 1.807) is 31.6 Å².